The van der Waals surface area contributed by atoms with Crippen molar-refractivity contribution in [3.8, 4) is 17.3 Å². The second-order valence-electron chi connectivity index (χ2n) is 14.8. The van der Waals surface area contributed by atoms with Crippen LogP contribution in [0.3, 0.4) is 0 Å². The molecule has 0 aliphatic carbocycles. The molecule has 0 unspecified atom stereocenters. The van der Waals surface area contributed by atoms with Crippen molar-refractivity contribution < 1.29 is 23.4 Å². The zero-order valence-electron chi connectivity index (χ0n) is 29.1. The third-order valence-electron chi connectivity index (χ3n) is 11.2. The molecule has 9 rings (SSSR count). The molecule has 3 aliphatic heterocycles. The van der Waals surface area contributed by atoms with Gasteiger partial charge in [0.15, 0.2) is 5.65 Å². The molecule has 6 aromatic rings. The van der Waals surface area contributed by atoms with E-state index in [0.29, 0.717) is 55.3 Å². The number of aromatic nitrogens is 7. The van der Waals surface area contributed by atoms with Crippen molar-refractivity contribution in [3.05, 3.63) is 33.3 Å². The molecule has 3 atom stereocenters. The number of benzene rings is 2. The first-order valence-electron chi connectivity index (χ1n) is 17.6. The van der Waals surface area contributed by atoms with Gasteiger partial charge in [-0.25, -0.2) is 8.78 Å². The molecule has 12 nitrogen and oxygen atoms in total. The highest BCUT2D eigenvalue weighted by Crippen LogP contribution is 2.46. The number of halogens is 3. The minimum atomic E-state index is -1.13. The standard InChI is InChI=1S/C36H40F2IN9O3/c1-5-21-22(38)8-7-19-13-23-25(31(39)43-42-23)26(24(19)21)28-30-29(46(4)44-28)27-32(45(30)3)40-34(41-33(27)47-11-12-50-17-35(2,49)16-47)51-18-36-9-6-10-48(36)15-20(37)14-36/h7-8,13,20,49H,5-6,9-12,14-18H2,1-4H3,(H,42,43)/t20-,35+,36+/m1/s1. The van der Waals surface area contributed by atoms with Gasteiger partial charge in [-0.05, 0) is 83.8 Å². The molecule has 3 aliphatic rings. The summed E-state index contributed by atoms with van der Waals surface area (Å²) in [7, 11) is 3.84. The van der Waals surface area contributed by atoms with Crippen molar-refractivity contribution in [1.29, 1.82) is 0 Å². The Kier molecular flexibility index (Phi) is 7.76. The summed E-state index contributed by atoms with van der Waals surface area (Å²) in [6.45, 7) is 6.65. The van der Waals surface area contributed by atoms with Crippen molar-refractivity contribution >= 4 is 72.2 Å². The van der Waals surface area contributed by atoms with Crippen molar-refractivity contribution in [2.45, 2.75) is 56.8 Å². The number of nitrogens with zero attached hydrogens (tertiary/aromatic N) is 8. The Labute approximate surface area is 306 Å². The van der Waals surface area contributed by atoms with Crippen molar-refractivity contribution in [2.24, 2.45) is 14.1 Å². The molecule has 0 radical (unpaired) electrons. The van der Waals surface area contributed by atoms with E-state index >= 15 is 4.39 Å². The largest absolute Gasteiger partial charge is 0.461 e. The number of rotatable bonds is 6. The predicted molar refractivity (Wildman–Crippen MR) is 200 cm³/mol. The molecule has 0 spiro atoms. The summed E-state index contributed by atoms with van der Waals surface area (Å²) in [5.41, 5.74) is 3.56. The normalized spacial score (nSPS) is 24.5. The molecule has 268 valence electrons. The molecule has 4 aromatic heterocycles. The minimum Gasteiger partial charge on any atom is -0.461 e. The quantitative estimate of drug-likeness (QED) is 0.213. The summed E-state index contributed by atoms with van der Waals surface area (Å²) in [5, 5.41) is 27.4. The molecule has 0 bridgehead atoms. The molecule has 3 saturated heterocycles. The zero-order valence-corrected chi connectivity index (χ0v) is 31.2. The van der Waals surface area contributed by atoms with Gasteiger partial charge in [0.25, 0.3) is 0 Å². The van der Waals surface area contributed by atoms with E-state index in [-0.39, 0.29) is 37.1 Å². The van der Waals surface area contributed by atoms with Gasteiger partial charge in [0, 0.05) is 44.6 Å². The van der Waals surface area contributed by atoms with Crippen LogP contribution < -0.4 is 9.64 Å². The zero-order chi connectivity index (χ0) is 35.4. The van der Waals surface area contributed by atoms with Crippen LogP contribution in [0.15, 0.2) is 18.2 Å². The average molecular weight is 812 g/mol. The van der Waals surface area contributed by atoms with E-state index in [1.54, 1.807) is 13.0 Å². The van der Waals surface area contributed by atoms with Crippen LogP contribution in [0.4, 0.5) is 14.6 Å². The lowest BCUT2D eigenvalue weighted by Crippen LogP contribution is -2.44. The average Bonchev–Trinajstić information content (AvgIpc) is 3.86. The maximum atomic E-state index is 15.5. The summed E-state index contributed by atoms with van der Waals surface area (Å²) >= 11 is 2.25. The molecular formula is C36H40F2IN9O3. The number of nitrogens with one attached hydrogen (secondary N) is 1. The number of H-pyrrole nitrogens is 1. The minimum absolute atomic E-state index is 0.193. The number of hydrogen-bond donors (Lipinski definition) is 2. The number of aliphatic hydroxyl groups is 1. The third-order valence-corrected chi connectivity index (χ3v) is 11.9. The fourth-order valence-corrected chi connectivity index (χ4v) is 9.64. The van der Waals surface area contributed by atoms with E-state index in [0.717, 1.165) is 66.7 Å². The number of hydrogen-bond acceptors (Lipinski definition) is 9. The van der Waals surface area contributed by atoms with Crippen molar-refractivity contribution in [3.63, 3.8) is 0 Å². The van der Waals surface area contributed by atoms with E-state index in [1.807, 2.05) is 41.2 Å². The molecule has 0 amide bonds. The van der Waals surface area contributed by atoms with Crippen LogP contribution in [0.1, 0.15) is 38.7 Å². The van der Waals surface area contributed by atoms with Gasteiger partial charge in [-0.15, -0.1) is 0 Å². The number of alkyl halides is 1. The lowest BCUT2D eigenvalue weighted by atomic mass is 9.92. The molecule has 2 N–H and O–H groups in total. The van der Waals surface area contributed by atoms with Crippen molar-refractivity contribution in [1.82, 2.24) is 39.4 Å². The predicted octanol–water partition coefficient (Wildman–Crippen LogP) is 5.40. The molecule has 0 saturated carbocycles. The second kappa shape index (κ2) is 11.9. The SMILES string of the molecule is CCc1c(F)ccc2cc3n[nH]c(I)c3c(-c3nn(C)c4c5c(N6CCOC[C@@](C)(O)C6)nc(OC[C@@]67CCCN6C[C@H](F)C7)nc5n(C)c34)c12. The smallest absolute Gasteiger partial charge is 0.320 e. The molecular weight excluding hydrogens is 771 g/mol. The van der Waals surface area contributed by atoms with Gasteiger partial charge in [-0.2, -0.15) is 20.2 Å². The van der Waals surface area contributed by atoms with Gasteiger partial charge in [0.1, 0.15) is 39.4 Å². The van der Waals surface area contributed by atoms with Crippen LogP contribution in [-0.4, -0.2) is 108 Å². The van der Waals surface area contributed by atoms with E-state index in [1.165, 1.54) is 6.07 Å². The summed E-state index contributed by atoms with van der Waals surface area (Å²) in [4.78, 5) is 14.3. The number of β-amino-alcohol motifs (C(OH)–C–C–N with tert-alkyl or cyclic N) is 1. The molecule has 51 heavy (non-hydrogen) atoms. The van der Waals surface area contributed by atoms with Gasteiger partial charge in [-0.3, -0.25) is 14.7 Å². The Morgan fingerprint density at radius 1 is 1.16 bits per heavy atom. The lowest BCUT2D eigenvalue weighted by molar-refractivity contribution is -0.0123. The molecule has 7 heterocycles. The first-order chi connectivity index (χ1) is 24.5. The maximum absolute atomic E-state index is 15.5. The molecule has 15 heteroatoms. The number of aromatic amines is 1. The van der Waals surface area contributed by atoms with E-state index in [2.05, 4.69) is 37.7 Å². The molecule has 3 fully saturated rings. The highest BCUT2D eigenvalue weighted by molar-refractivity contribution is 14.1. The summed E-state index contributed by atoms with van der Waals surface area (Å²) in [5.74, 6) is 0.332. The van der Waals surface area contributed by atoms with Crippen molar-refractivity contribution in [2.75, 3.05) is 50.9 Å². The number of aryl methyl sites for hydroxylation is 3. The first-order valence-corrected chi connectivity index (χ1v) is 18.6. The Balaban J connectivity index is 1.30. The number of anilines is 1. The highest BCUT2D eigenvalue weighted by Gasteiger charge is 2.49. The fraction of sp³-hybridized carbons (Fsp3) is 0.500. The van der Waals surface area contributed by atoms with E-state index in [9.17, 15) is 9.50 Å². The van der Waals surface area contributed by atoms with Crippen LogP contribution in [-0.2, 0) is 25.3 Å². The van der Waals surface area contributed by atoms with Gasteiger partial charge in [-0.1, -0.05) is 13.0 Å². The third kappa shape index (κ3) is 5.12. The van der Waals surface area contributed by atoms with Crippen LogP contribution in [0.2, 0.25) is 0 Å². The van der Waals surface area contributed by atoms with E-state index < -0.39 is 11.8 Å². The fourth-order valence-electron chi connectivity index (χ4n) is 8.97. The highest BCUT2D eigenvalue weighted by atomic mass is 127. The number of fused-ring (bicyclic) bond motifs is 6. The number of ether oxygens (including phenoxy) is 2. The van der Waals surface area contributed by atoms with Gasteiger partial charge in [0.2, 0.25) is 0 Å². The summed E-state index contributed by atoms with van der Waals surface area (Å²) < 4.78 is 47.1. The summed E-state index contributed by atoms with van der Waals surface area (Å²) in [6, 6.07) is 5.51. The van der Waals surface area contributed by atoms with Crippen LogP contribution in [0.5, 0.6) is 6.01 Å². The summed E-state index contributed by atoms with van der Waals surface area (Å²) in [6.07, 6.45) is 1.92. The Bertz CT molecular complexity index is 2370. The monoisotopic (exact) mass is 811 g/mol. The van der Waals surface area contributed by atoms with Crippen LogP contribution in [0.25, 0.3) is 55.0 Å². The van der Waals surface area contributed by atoms with Gasteiger partial charge >= 0.3 is 6.01 Å². The van der Waals surface area contributed by atoms with Gasteiger partial charge in [0.05, 0.1) is 47.2 Å². The first kappa shape index (κ1) is 33.2. The lowest BCUT2D eigenvalue weighted by Gasteiger charge is -2.31. The Morgan fingerprint density at radius 2 is 2.00 bits per heavy atom. The maximum Gasteiger partial charge on any atom is 0.320 e. The second-order valence-corrected chi connectivity index (χ2v) is 15.8. The van der Waals surface area contributed by atoms with E-state index in [4.69, 9.17) is 24.5 Å². The topological polar surface area (TPSA) is 122 Å². The Morgan fingerprint density at radius 3 is 2.82 bits per heavy atom. The Hall–Kier alpha value is -3.67. The van der Waals surface area contributed by atoms with Crippen LogP contribution >= 0.6 is 22.6 Å². The molecule has 2 aromatic carbocycles. The van der Waals surface area contributed by atoms with Gasteiger partial charge < -0.3 is 24.0 Å². The van der Waals surface area contributed by atoms with Crippen LogP contribution in [0, 0.1) is 9.52 Å².